The lowest BCUT2D eigenvalue weighted by Crippen LogP contribution is -2.28. The first-order valence-corrected chi connectivity index (χ1v) is 10.3. The van der Waals surface area contributed by atoms with Crippen molar-refractivity contribution in [3.8, 4) is 0 Å². The van der Waals surface area contributed by atoms with Gasteiger partial charge in [0.15, 0.2) is 0 Å². The molecule has 27 heavy (non-hydrogen) atoms. The molecule has 4 rings (SSSR count). The summed E-state index contributed by atoms with van der Waals surface area (Å²) in [5, 5.41) is 4.54. The van der Waals surface area contributed by atoms with Crippen LogP contribution in [0.2, 0.25) is 0 Å². The highest BCUT2D eigenvalue weighted by molar-refractivity contribution is 7.93. The van der Waals surface area contributed by atoms with Crippen molar-refractivity contribution in [3.63, 3.8) is 0 Å². The maximum absolute atomic E-state index is 12.9. The van der Waals surface area contributed by atoms with Crippen molar-refractivity contribution in [1.29, 1.82) is 0 Å². The Balaban J connectivity index is 1.46. The fourth-order valence-corrected chi connectivity index (χ4v) is 5.28. The van der Waals surface area contributed by atoms with Gasteiger partial charge in [0.05, 0.1) is 10.6 Å². The Morgan fingerprint density at radius 2 is 1.78 bits per heavy atom. The van der Waals surface area contributed by atoms with Crippen LogP contribution in [0.1, 0.15) is 18.4 Å². The summed E-state index contributed by atoms with van der Waals surface area (Å²) in [5.41, 5.74) is 2.52. The first kappa shape index (κ1) is 17.5. The highest BCUT2D eigenvalue weighted by atomic mass is 32.2. The molecule has 0 fully saturated rings. The van der Waals surface area contributed by atoms with Crippen LogP contribution in [0.3, 0.4) is 0 Å². The third-order valence-electron chi connectivity index (χ3n) is 4.75. The highest BCUT2D eigenvalue weighted by Gasteiger charge is 2.34. The van der Waals surface area contributed by atoms with Gasteiger partial charge in [0.25, 0.3) is 10.0 Å². The third kappa shape index (κ3) is 3.17. The summed E-state index contributed by atoms with van der Waals surface area (Å²) in [4.78, 5) is 12.5. The SMILES string of the molecule is Cc1cccc(NC(=O)CCCN2c3cccc4cccc(c34)S2(=O)=O)c1. The minimum absolute atomic E-state index is 0.118. The van der Waals surface area contributed by atoms with E-state index in [4.69, 9.17) is 0 Å². The number of amides is 1. The van der Waals surface area contributed by atoms with Crippen molar-refractivity contribution in [2.75, 3.05) is 16.2 Å². The van der Waals surface area contributed by atoms with E-state index in [9.17, 15) is 13.2 Å². The number of aryl methyl sites for hydroxylation is 1. The topological polar surface area (TPSA) is 66.5 Å². The number of anilines is 2. The van der Waals surface area contributed by atoms with Crippen LogP contribution in [0.25, 0.3) is 10.8 Å². The van der Waals surface area contributed by atoms with E-state index in [1.54, 1.807) is 12.1 Å². The molecular weight excluding hydrogens is 360 g/mol. The lowest BCUT2D eigenvalue weighted by atomic mass is 10.1. The van der Waals surface area contributed by atoms with Crippen molar-refractivity contribution in [3.05, 3.63) is 66.2 Å². The average Bonchev–Trinajstić information content (AvgIpc) is 2.85. The fraction of sp³-hybridized carbons (Fsp3) is 0.190. The van der Waals surface area contributed by atoms with Crippen LogP contribution in [0.5, 0.6) is 0 Å². The molecule has 0 saturated heterocycles. The van der Waals surface area contributed by atoms with Gasteiger partial charge in [0, 0.05) is 24.0 Å². The molecule has 0 unspecified atom stereocenters. The summed E-state index contributed by atoms with van der Waals surface area (Å²) in [7, 11) is -3.56. The van der Waals surface area contributed by atoms with Crippen LogP contribution in [0.4, 0.5) is 11.4 Å². The van der Waals surface area contributed by atoms with E-state index >= 15 is 0 Å². The van der Waals surface area contributed by atoms with E-state index in [0.717, 1.165) is 22.0 Å². The second kappa shape index (κ2) is 6.70. The third-order valence-corrected chi connectivity index (χ3v) is 6.60. The Kier molecular flexibility index (Phi) is 4.36. The molecule has 1 aliphatic rings. The summed E-state index contributed by atoms with van der Waals surface area (Å²) in [5.74, 6) is -0.118. The molecule has 3 aromatic rings. The number of nitrogens with one attached hydrogen (secondary N) is 1. The molecule has 1 aliphatic heterocycles. The van der Waals surface area contributed by atoms with Gasteiger partial charge in [-0.2, -0.15) is 0 Å². The number of hydrogen-bond donors (Lipinski definition) is 1. The number of sulfonamides is 1. The molecule has 0 spiro atoms. The second-order valence-corrected chi connectivity index (χ2v) is 8.56. The molecule has 0 atom stereocenters. The Morgan fingerprint density at radius 1 is 1.04 bits per heavy atom. The lowest BCUT2D eigenvalue weighted by molar-refractivity contribution is -0.116. The predicted octanol–water partition coefficient (Wildman–Crippen LogP) is 4.08. The molecule has 5 nitrogen and oxygen atoms in total. The van der Waals surface area contributed by atoms with Gasteiger partial charge in [-0.25, -0.2) is 8.42 Å². The quantitative estimate of drug-likeness (QED) is 0.725. The molecule has 1 amide bonds. The van der Waals surface area contributed by atoms with Gasteiger partial charge >= 0.3 is 0 Å². The average molecular weight is 380 g/mol. The number of benzene rings is 3. The van der Waals surface area contributed by atoms with Crippen molar-refractivity contribution in [1.82, 2.24) is 0 Å². The van der Waals surface area contributed by atoms with E-state index < -0.39 is 10.0 Å². The number of carbonyl (C=O) groups excluding carboxylic acids is 1. The van der Waals surface area contributed by atoms with Crippen molar-refractivity contribution >= 4 is 38.1 Å². The van der Waals surface area contributed by atoms with Crippen molar-refractivity contribution in [2.24, 2.45) is 0 Å². The monoisotopic (exact) mass is 380 g/mol. The smallest absolute Gasteiger partial charge is 0.265 e. The molecule has 138 valence electrons. The van der Waals surface area contributed by atoms with Crippen molar-refractivity contribution in [2.45, 2.75) is 24.7 Å². The zero-order chi connectivity index (χ0) is 19.0. The molecule has 0 aliphatic carbocycles. The molecule has 6 heteroatoms. The maximum atomic E-state index is 12.9. The van der Waals surface area contributed by atoms with Crippen LogP contribution in [0, 0.1) is 6.92 Å². The van der Waals surface area contributed by atoms with Gasteiger partial charge in [-0.3, -0.25) is 9.10 Å². The standard InChI is InChI=1S/C21H20N2O3S/c1-15-6-2-9-17(14-15)22-20(24)12-5-13-23-18-10-3-7-16-8-4-11-19(21(16)18)27(23,25)26/h2-4,6-11,14H,5,12-13H2,1H3,(H,22,24). The normalized spacial score (nSPS) is 14.5. The van der Waals surface area contributed by atoms with Gasteiger partial charge in [0.2, 0.25) is 5.91 Å². The van der Waals surface area contributed by atoms with Crippen LogP contribution >= 0.6 is 0 Å². The summed E-state index contributed by atoms with van der Waals surface area (Å²) >= 11 is 0. The van der Waals surface area contributed by atoms with Gasteiger partial charge < -0.3 is 5.32 Å². The van der Waals surface area contributed by atoms with Crippen LogP contribution in [-0.2, 0) is 14.8 Å². The number of carbonyl (C=O) groups is 1. The van der Waals surface area contributed by atoms with E-state index in [0.29, 0.717) is 17.0 Å². The predicted molar refractivity (Wildman–Crippen MR) is 108 cm³/mol. The lowest BCUT2D eigenvalue weighted by Gasteiger charge is -2.18. The van der Waals surface area contributed by atoms with E-state index in [1.807, 2.05) is 55.5 Å². The summed E-state index contributed by atoms with van der Waals surface area (Å²) in [6, 6.07) is 18.5. The molecular formula is C21H20N2O3S. The molecule has 3 aromatic carbocycles. The molecule has 0 radical (unpaired) electrons. The molecule has 0 aromatic heterocycles. The molecule has 0 saturated carbocycles. The largest absolute Gasteiger partial charge is 0.326 e. The zero-order valence-corrected chi connectivity index (χ0v) is 15.8. The molecule has 1 N–H and O–H groups in total. The zero-order valence-electron chi connectivity index (χ0n) is 15.0. The van der Waals surface area contributed by atoms with Crippen LogP contribution < -0.4 is 9.62 Å². The fourth-order valence-electron chi connectivity index (χ4n) is 3.53. The van der Waals surface area contributed by atoms with Crippen LogP contribution in [-0.4, -0.2) is 20.9 Å². The number of hydrogen-bond acceptors (Lipinski definition) is 3. The first-order valence-electron chi connectivity index (χ1n) is 8.88. The Bertz CT molecular complexity index is 1130. The minimum Gasteiger partial charge on any atom is -0.326 e. The number of nitrogens with zero attached hydrogens (tertiary/aromatic N) is 1. The Hall–Kier alpha value is -2.86. The summed E-state index contributed by atoms with van der Waals surface area (Å²) in [6.45, 7) is 2.24. The van der Waals surface area contributed by atoms with Gasteiger partial charge in [0.1, 0.15) is 0 Å². The van der Waals surface area contributed by atoms with Gasteiger partial charge in [-0.15, -0.1) is 0 Å². The van der Waals surface area contributed by atoms with Crippen molar-refractivity contribution < 1.29 is 13.2 Å². The van der Waals surface area contributed by atoms with E-state index in [1.165, 1.54) is 4.31 Å². The Morgan fingerprint density at radius 3 is 2.56 bits per heavy atom. The van der Waals surface area contributed by atoms with Crippen LogP contribution in [0.15, 0.2) is 65.6 Å². The number of rotatable bonds is 5. The van der Waals surface area contributed by atoms with E-state index in [-0.39, 0.29) is 18.9 Å². The Labute approximate surface area is 158 Å². The summed E-state index contributed by atoms with van der Waals surface area (Å²) < 4.78 is 27.2. The van der Waals surface area contributed by atoms with Gasteiger partial charge in [-0.1, -0.05) is 36.4 Å². The second-order valence-electron chi connectivity index (χ2n) is 6.73. The van der Waals surface area contributed by atoms with E-state index in [2.05, 4.69) is 5.32 Å². The maximum Gasteiger partial charge on any atom is 0.265 e. The summed E-state index contributed by atoms with van der Waals surface area (Å²) in [6.07, 6.45) is 0.702. The van der Waals surface area contributed by atoms with Gasteiger partial charge in [-0.05, 0) is 48.6 Å². The first-order chi connectivity index (χ1) is 13.0. The highest BCUT2D eigenvalue weighted by Crippen LogP contribution is 2.41. The minimum atomic E-state index is -3.56. The molecule has 1 heterocycles. The molecule has 0 bridgehead atoms.